The number of carbonyl (C=O) groups is 2. The van der Waals surface area contributed by atoms with Crippen LogP contribution in [-0.2, 0) is 16.2 Å². The fraction of sp³-hybridized carbons (Fsp3) is 0.167. The van der Waals surface area contributed by atoms with Gasteiger partial charge in [0.1, 0.15) is 28.7 Å². The minimum Gasteiger partial charge on any atom is -0.505 e. The average molecular weight is 552 g/mol. The summed E-state index contributed by atoms with van der Waals surface area (Å²) in [7, 11) is 0. The van der Waals surface area contributed by atoms with Crippen LogP contribution in [0.3, 0.4) is 0 Å². The van der Waals surface area contributed by atoms with Crippen LogP contribution in [0.2, 0.25) is 0 Å². The summed E-state index contributed by atoms with van der Waals surface area (Å²) in [4.78, 5) is 33.0. The van der Waals surface area contributed by atoms with Crippen LogP contribution in [0.15, 0.2) is 78.5 Å². The Morgan fingerprint density at radius 1 is 1.00 bits per heavy atom. The predicted octanol–water partition coefficient (Wildman–Crippen LogP) is 5.32. The number of carbonyl (C=O) groups excluding carboxylic acids is 2. The molecule has 0 aliphatic carbocycles. The van der Waals surface area contributed by atoms with E-state index < -0.39 is 17.7 Å². The van der Waals surface area contributed by atoms with E-state index in [0.29, 0.717) is 34.3 Å². The number of anilines is 1. The molecule has 0 saturated carbocycles. The highest BCUT2D eigenvalue weighted by atomic mass is 32.1. The first-order valence-electron chi connectivity index (χ1n) is 12.7. The Balaban J connectivity index is 1.49. The summed E-state index contributed by atoms with van der Waals surface area (Å²) < 4.78 is 7.88. The molecule has 40 heavy (non-hydrogen) atoms. The van der Waals surface area contributed by atoms with Gasteiger partial charge in [0.25, 0.3) is 5.78 Å². The first-order valence-corrected chi connectivity index (χ1v) is 13.5. The SMILES string of the molecule is Cc1nnc(N2C(=O)C(=O)/C(=C(/O)c3nc4c(C)cccn4c3C)C2c2cccc(OCc3ccccc3)c2)s1. The number of ketones is 1. The van der Waals surface area contributed by atoms with Crippen molar-refractivity contribution in [2.45, 2.75) is 33.4 Å². The lowest BCUT2D eigenvalue weighted by Gasteiger charge is -2.23. The van der Waals surface area contributed by atoms with Crippen molar-refractivity contribution in [1.82, 2.24) is 19.6 Å². The van der Waals surface area contributed by atoms with E-state index in [1.165, 1.54) is 16.2 Å². The number of imidazole rings is 1. The number of hydrogen-bond donors (Lipinski definition) is 1. The Hall–Kier alpha value is -4.83. The van der Waals surface area contributed by atoms with E-state index in [0.717, 1.165) is 11.1 Å². The van der Waals surface area contributed by atoms with Gasteiger partial charge in [0.05, 0.1) is 17.3 Å². The lowest BCUT2D eigenvalue weighted by atomic mass is 9.96. The summed E-state index contributed by atoms with van der Waals surface area (Å²) in [6.45, 7) is 5.85. The summed E-state index contributed by atoms with van der Waals surface area (Å²) in [5.74, 6) is -1.40. The smallest absolute Gasteiger partial charge is 0.301 e. The van der Waals surface area contributed by atoms with Crippen LogP contribution in [-0.4, -0.2) is 36.4 Å². The maximum Gasteiger partial charge on any atom is 0.301 e. The summed E-state index contributed by atoms with van der Waals surface area (Å²) in [6, 6.07) is 19.8. The largest absolute Gasteiger partial charge is 0.505 e. The van der Waals surface area contributed by atoms with Gasteiger partial charge >= 0.3 is 5.91 Å². The zero-order chi connectivity index (χ0) is 28.0. The maximum atomic E-state index is 13.6. The summed E-state index contributed by atoms with van der Waals surface area (Å²) in [6.07, 6.45) is 1.84. The van der Waals surface area contributed by atoms with Crippen LogP contribution in [0.5, 0.6) is 5.75 Å². The van der Waals surface area contributed by atoms with Crippen molar-refractivity contribution in [2.24, 2.45) is 0 Å². The Morgan fingerprint density at radius 3 is 2.52 bits per heavy atom. The molecule has 0 bridgehead atoms. The van der Waals surface area contributed by atoms with Crippen molar-refractivity contribution in [2.75, 3.05) is 4.90 Å². The third-order valence-corrected chi connectivity index (χ3v) is 7.73. The molecular weight excluding hydrogens is 526 g/mol. The Kier molecular flexibility index (Phi) is 6.39. The molecule has 1 atom stereocenters. The molecule has 1 aliphatic heterocycles. The average Bonchev–Trinajstić information content (AvgIpc) is 3.62. The number of rotatable bonds is 6. The van der Waals surface area contributed by atoms with Gasteiger partial charge in [-0.2, -0.15) is 0 Å². The van der Waals surface area contributed by atoms with Crippen LogP contribution in [0.25, 0.3) is 11.4 Å². The standard InChI is InChI=1S/C30H25N5O4S/c1-17-9-8-14-34-18(2)24(31-28(17)34)26(36)23-25(35(29(38)27(23)37)30-33-32-19(3)40-30)21-12-7-13-22(15-21)39-16-20-10-5-4-6-11-20/h4-15,25,36H,16H2,1-3H3/b26-23+. The number of aromatic nitrogens is 4. The normalized spacial score (nSPS) is 16.7. The topological polar surface area (TPSA) is 110 Å². The number of fused-ring (bicyclic) bond motifs is 1. The molecule has 1 amide bonds. The zero-order valence-electron chi connectivity index (χ0n) is 22.0. The van der Waals surface area contributed by atoms with E-state index in [9.17, 15) is 14.7 Å². The highest BCUT2D eigenvalue weighted by Gasteiger charge is 2.48. The first-order chi connectivity index (χ1) is 19.3. The number of aryl methyl sites for hydroxylation is 3. The number of ether oxygens (including phenoxy) is 1. The van der Waals surface area contributed by atoms with Crippen molar-refractivity contribution in [3.8, 4) is 5.75 Å². The number of pyridine rings is 1. The first kappa shape index (κ1) is 25.4. The molecule has 6 rings (SSSR count). The van der Waals surface area contributed by atoms with Crippen molar-refractivity contribution in [3.63, 3.8) is 0 Å². The van der Waals surface area contributed by atoms with Crippen LogP contribution in [0.1, 0.15) is 39.1 Å². The molecular formula is C30H25N5O4S. The monoisotopic (exact) mass is 551 g/mol. The molecule has 9 nitrogen and oxygen atoms in total. The molecule has 1 aliphatic rings. The van der Waals surface area contributed by atoms with Crippen molar-refractivity contribution in [1.29, 1.82) is 0 Å². The molecule has 0 radical (unpaired) electrons. The minimum absolute atomic E-state index is 0.0674. The molecule has 1 N–H and O–H groups in total. The minimum atomic E-state index is -0.960. The van der Waals surface area contributed by atoms with Crippen molar-refractivity contribution >= 4 is 39.6 Å². The Bertz CT molecular complexity index is 1810. The predicted molar refractivity (Wildman–Crippen MR) is 151 cm³/mol. The van der Waals surface area contributed by atoms with E-state index >= 15 is 0 Å². The van der Waals surface area contributed by atoms with Crippen LogP contribution >= 0.6 is 11.3 Å². The third-order valence-electron chi connectivity index (χ3n) is 6.90. The van der Waals surface area contributed by atoms with Gasteiger partial charge in [0.2, 0.25) is 5.13 Å². The number of aliphatic hydroxyl groups excluding tert-OH is 1. The summed E-state index contributed by atoms with van der Waals surface area (Å²) >= 11 is 1.19. The van der Waals surface area contributed by atoms with Gasteiger partial charge in [-0.1, -0.05) is 59.9 Å². The molecule has 4 heterocycles. The Labute approximate surface area is 234 Å². The van der Waals surface area contributed by atoms with Gasteiger partial charge in [-0.25, -0.2) is 4.98 Å². The molecule has 3 aromatic heterocycles. The van der Waals surface area contributed by atoms with Gasteiger partial charge in [0, 0.05) is 6.20 Å². The zero-order valence-corrected chi connectivity index (χ0v) is 22.8. The second-order valence-electron chi connectivity index (χ2n) is 9.55. The third kappa shape index (κ3) is 4.32. The number of nitrogens with zero attached hydrogens (tertiary/aromatic N) is 5. The highest BCUT2D eigenvalue weighted by molar-refractivity contribution is 7.15. The number of amides is 1. The fourth-order valence-electron chi connectivity index (χ4n) is 4.92. The highest BCUT2D eigenvalue weighted by Crippen LogP contribution is 2.43. The number of Topliss-reactive ketones (excluding diaryl/α,β-unsaturated/α-hetero) is 1. The van der Waals surface area contributed by atoms with Crippen molar-refractivity contribution in [3.05, 3.63) is 112 Å². The van der Waals surface area contributed by atoms with E-state index in [4.69, 9.17) is 4.74 Å². The molecule has 2 aromatic carbocycles. The van der Waals surface area contributed by atoms with Gasteiger partial charge < -0.3 is 14.2 Å². The second kappa shape index (κ2) is 10.0. The second-order valence-corrected chi connectivity index (χ2v) is 10.7. The maximum absolute atomic E-state index is 13.6. The van der Waals surface area contributed by atoms with Crippen molar-refractivity contribution < 1.29 is 19.4 Å². The number of aliphatic hydroxyl groups is 1. The fourth-order valence-corrected chi connectivity index (χ4v) is 5.63. The summed E-state index contributed by atoms with van der Waals surface area (Å²) in [5, 5.41) is 20.8. The van der Waals surface area contributed by atoms with E-state index in [2.05, 4.69) is 15.2 Å². The molecule has 1 unspecified atom stereocenters. The lowest BCUT2D eigenvalue weighted by molar-refractivity contribution is -0.132. The molecule has 1 saturated heterocycles. The van der Waals surface area contributed by atoms with Crippen LogP contribution in [0, 0.1) is 20.8 Å². The quantitative estimate of drug-likeness (QED) is 0.173. The molecule has 200 valence electrons. The summed E-state index contributed by atoms with van der Waals surface area (Å²) in [5.41, 5.74) is 3.97. The van der Waals surface area contributed by atoms with Crippen LogP contribution < -0.4 is 9.64 Å². The van der Waals surface area contributed by atoms with E-state index in [1.807, 2.05) is 73.0 Å². The van der Waals surface area contributed by atoms with E-state index in [-0.39, 0.29) is 22.2 Å². The molecule has 0 spiro atoms. The van der Waals surface area contributed by atoms with Gasteiger partial charge in [0.15, 0.2) is 5.76 Å². The Morgan fingerprint density at radius 2 is 1.80 bits per heavy atom. The lowest BCUT2D eigenvalue weighted by Crippen LogP contribution is -2.29. The molecule has 1 fully saturated rings. The van der Waals surface area contributed by atoms with Gasteiger partial charge in [-0.15, -0.1) is 10.2 Å². The number of hydrogen-bond acceptors (Lipinski definition) is 8. The molecule has 5 aromatic rings. The van der Waals surface area contributed by atoms with E-state index in [1.54, 1.807) is 25.1 Å². The van der Waals surface area contributed by atoms with Gasteiger partial charge in [-0.05, 0) is 55.7 Å². The van der Waals surface area contributed by atoms with Crippen LogP contribution in [0.4, 0.5) is 5.13 Å². The number of benzene rings is 2. The van der Waals surface area contributed by atoms with Gasteiger partial charge in [-0.3, -0.25) is 14.5 Å². The molecule has 10 heteroatoms.